The Bertz CT molecular complexity index is 1700. The van der Waals surface area contributed by atoms with E-state index in [2.05, 4.69) is 146 Å². The Hall–Kier alpha value is -1.97. The minimum atomic E-state index is -0.571. The van der Waals surface area contributed by atoms with Crippen molar-refractivity contribution >= 4 is 49.2 Å². The average Bonchev–Trinajstić information content (AvgIpc) is 3.55. The number of nitrogens with zero attached hydrogens (tertiary/aromatic N) is 2. The van der Waals surface area contributed by atoms with Crippen LogP contribution >= 0.6 is 31.9 Å². The number of ether oxygens (including phenoxy) is 2. The first-order valence-corrected chi connectivity index (χ1v) is 16.4. The molecule has 3 aromatic rings. The molecule has 0 radical (unpaired) electrons. The van der Waals surface area contributed by atoms with E-state index in [1.807, 2.05) is 13.2 Å². The van der Waals surface area contributed by atoms with Gasteiger partial charge in [-0.15, -0.1) is 13.2 Å². The van der Waals surface area contributed by atoms with Crippen molar-refractivity contribution in [1.29, 1.82) is 0 Å². The van der Waals surface area contributed by atoms with Gasteiger partial charge in [-0.3, -0.25) is 9.98 Å². The number of alkyl halides is 2. The summed E-state index contributed by atoms with van der Waals surface area (Å²) in [6.07, 6.45) is 2.82. The average molecular weight is 818 g/mol. The van der Waals surface area contributed by atoms with E-state index in [0.717, 1.165) is 11.1 Å². The van der Waals surface area contributed by atoms with Crippen LogP contribution < -0.4 is 0 Å². The summed E-state index contributed by atoms with van der Waals surface area (Å²) in [6.45, 7) is 16.4. The molecule has 45 heavy (non-hydrogen) atoms. The van der Waals surface area contributed by atoms with E-state index >= 15 is 0 Å². The maximum absolute atomic E-state index is 6.20. The summed E-state index contributed by atoms with van der Waals surface area (Å²) in [5.74, 6) is 1.27. The molecule has 3 aliphatic rings. The van der Waals surface area contributed by atoms with Crippen LogP contribution in [0.25, 0.3) is 16.7 Å². The largest absolute Gasteiger partial charge is 0.647 e. The molecule has 0 N–H and O–H groups in total. The second-order valence-corrected chi connectivity index (χ2v) is 14.4. The first kappa shape index (κ1) is 35.9. The van der Waals surface area contributed by atoms with Gasteiger partial charge in [0.05, 0.1) is 9.65 Å². The third-order valence-electron chi connectivity index (χ3n) is 8.43. The topological polar surface area (TPSA) is 43.2 Å². The molecule has 3 aromatic carbocycles. The zero-order chi connectivity index (χ0) is 30.5. The van der Waals surface area contributed by atoms with Crippen molar-refractivity contribution in [3.63, 3.8) is 0 Å². The van der Waals surface area contributed by atoms with E-state index in [1.54, 1.807) is 0 Å². The summed E-state index contributed by atoms with van der Waals surface area (Å²) in [7, 11) is 0. The van der Waals surface area contributed by atoms with Crippen LogP contribution in [0.15, 0.2) is 93.9 Å². The van der Waals surface area contributed by atoms with Gasteiger partial charge in [-0.25, -0.2) is 0 Å². The molecule has 0 amide bonds. The normalized spacial score (nSPS) is 25.7. The maximum atomic E-state index is 6.20. The fraction of sp³-hybridized carbons (Fsp3) is 0.297. The molecule has 8 heteroatoms. The van der Waals surface area contributed by atoms with Crippen molar-refractivity contribution in [3.05, 3.63) is 125 Å². The molecule has 0 saturated carbocycles. The van der Waals surface area contributed by atoms with Gasteiger partial charge in [0.15, 0.2) is 11.8 Å². The number of benzene rings is 3. The number of hydrogen-bond donors (Lipinski definition) is 0. The third-order valence-corrected chi connectivity index (χ3v) is 11.4. The zero-order valence-corrected chi connectivity index (χ0v) is 31.2. The molecular formula is C37H36Br2N2Ni2O2-2. The van der Waals surface area contributed by atoms with Crippen LogP contribution in [0.2, 0.25) is 0 Å². The molecule has 242 valence electrons. The van der Waals surface area contributed by atoms with Crippen molar-refractivity contribution in [3.8, 4) is 11.1 Å². The number of allylic oxidation sites excluding steroid dienone is 3. The minimum absolute atomic E-state index is 0. The van der Waals surface area contributed by atoms with Gasteiger partial charge in [-0.05, 0) is 84.8 Å². The third kappa shape index (κ3) is 7.46. The van der Waals surface area contributed by atoms with E-state index in [0.29, 0.717) is 18.2 Å². The van der Waals surface area contributed by atoms with Crippen LogP contribution in [-0.2, 0) is 42.5 Å². The second-order valence-electron chi connectivity index (χ2n) is 12.5. The molecule has 4 atom stereocenters. The van der Waals surface area contributed by atoms with Gasteiger partial charge in [0.1, 0.15) is 0 Å². The van der Waals surface area contributed by atoms with E-state index < -0.39 is 11.1 Å². The molecule has 0 fully saturated rings. The SMILES string of the molecule is CC1=C(c2ccc(C)cc2)C=C(C2=N[C@](C)(C[C@]3(C)[CH-]OC(c4ccc(C)c(-c5ccc(C)cc5)c4)=N3)[CH-]O2)C(Br)C1Br.[Ni].[Ni]. The molecule has 4 nitrogen and oxygen atoms in total. The summed E-state index contributed by atoms with van der Waals surface area (Å²) >= 11 is 7.83. The van der Waals surface area contributed by atoms with Crippen molar-refractivity contribution < 1.29 is 42.5 Å². The molecule has 0 saturated heterocycles. The molecule has 0 aromatic heterocycles. The summed E-state index contributed by atoms with van der Waals surface area (Å²) in [5.41, 5.74) is 10.6. The standard InChI is InChI=1S/C37H36Br2N2O2.2Ni/c1-22-7-12-26(13-8-22)29-17-28(16-11-24(29)3)34-40-36(5,20-42-34)19-37(6)21-43-35(41-37)31-18-30(25(4)32(38)33(31)39)27-14-9-23(2)10-15-27;;/h7-18,20-21,32-33H,19H2,1-6H3;;/q-2;;/t32?,33?,36-,37-;;/m1../s1. The Kier molecular flexibility index (Phi) is 11.2. The zero-order valence-electron chi connectivity index (χ0n) is 26.0. The van der Waals surface area contributed by atoms with Crippen LogP contribution in [0.3, 0.4) is 0 Å². The van der Waals surface area contributed by atoms with Gasteiger partial charge in [-0.2, -0.15) is 0 Å². The van der Waals surface area contributed by atoms with Gasteiger partial charge in [0, 0.05) is 44.1 Å². The van der Waals surface area contributed by atoms with Crippen molar-refractivity contribution in [2.24, 2.45) is 9.98 Å². The monoisotopic (exact) mass is 814 g/mol. The van der Waals surface area contributed by atoms with Crippen molar-refractivity contribution in [2.45, 2.75) is 68.7 Å². The minimum Gasteiger partial charge on any atom is -0.647 e. The first-order valence-electron chi connectivity index (χ1n) is 14.6. The van der Waals surface area contributed by atoms with Crippen LogP contribution in [0.1, 0.15) is 55.0 Å². The molecule has 2 heterocycles. The van der Waals surface area contributed by atoms with Gasteiger partial charge in [-0.1, -0.05) is 123 Å². The van der Waals surface area contributed by atoms with Crippen molar-refractivity contribution in [1.82, 2.24) is 0 Å². The van der Waals surface area contributed by atoms with Crippen molar-refractivity contribution in [2.75, 3.05) is 0 Å². The number of halogens is 2. The fourth-order valence-corrected chi connectivity index (χ4v) is 7.24. The summed E-state index contributed by atoms with van der Waals surface area (Å²) < 4.78 is 12.3. The smallest absolute Gasteiger partial charge is 0.181 e. The first-order chi connectivity index (χ1) is 20.4. The Morgan fingerprint density at radius 3 is 1.80 bits per heavy atom. The molecule has 0 bridgehead atoms. The Balaban J connectivity index is 0.00000230. The molecular weight excluding hydrogens is 782 g/mol. The van der Waals surface area contributed by atoms with E-state index in [4.69, 9.17) is 19.5 Å². The van der Waals surface area contributed by atoms with Crippen LogP contribution in [-0.4, -0.2) is 32.5 Å². The molecule has 2 aliphatic heterocycles. The van der Waals surface area contributed by atoms with E-state index in [1.165, 1.54) is 44.5 Å². The molecule has 0 spiro atoms. The van der Waals surface area contributed by atoms with Gasteiger partial charge in [0.2, 0.25) is 0 Å². The second kappa shape index (κ2) is 14.0. The predicted molar refractivity (Wildman–Crippen MR) is 185 cm³/mol. The predicted octanol–water partition coefficient (Wildman–Crippen LogP) is 9.65. The van der Waals surface area contributed by atoms with Crippen LogP contribution in [0.4, 0.5) is 0 Å². The van der Waals surface area contributed by atoms with E-state index in [-0.39, 0.29) is 42.6 Å². The molecule has 6 rings (SSSR count). The number of aryl methyl sites for hydroxylation is 3. The van der Waals surface area contributed by atoms with Gasteiger partial charge < -0.3 is 9.47 Å². The fourth-order valence-electron chi connectivity index (χ4n) is 5.98. The summed E-state index contributed by atoms with van der Waals surface area (Å²) in [6, 6.07) is 23.7. The number of hydrogen-bond acceptors (Lipinski definition) is 4. The Morgan fingerprint density at radius 1 is 0.689 bits per heavy atom. The van der Waals surface area contributed by atoms with Crippen LogP contribution in [0, 0.1) is 34.0 Å². The quantitative estimate of drug-likeness (QED) is 0.141. The van der Waals surface area contributed by atoms with Gasteiger partial charge in [0.25, 0.3) is 0 Å². The summed E-state index contributed by atoms with van der Waals surface area (Å²) in [4.78, 5) is 10.3. The molecule has 2 unspecified atom stereocenters. The Morgan fingerprint density at radius 2 is 1.20 bits per heavy atom. The van der Waals surface area contributed by atoms with Gasteiger partial charge >= 0.3 is 0 Å². The maximum Gasteiger partial charge on any atom is 0.181 e. The number of rotatable bonds is 6. The molecule has 1 aliphatic carbocycles. The Labute approximate surface area is 304 Å². The number of aliphatic imine (C=N–C) groups is 2. The van der Waals surface area contributed by atoms with E-state index in [9.17, 15) is 0 Å². The van der Waals surface area contributed by atoms with Crippen LogP contribution in [0.5, 0.6) is 0 Å². The summed E-state index contributed by atoms with van der Waals surface area (Å²) in [5, 5.41) is 0.